The summed E-state index contributed by atoms with van der Waals surface area (Å²) >= 11 is 0. The molecule has 1 aromatic carbocycles. The number of carbonyl (C=O) groups excluding carboxylic acids is 2. The number of carbonyl (C=O) groups is 2. The van der Waals surface area contributed by atoms with Crippen LogP contribution in [0.4, 0.5) is 0 Å². The molecule has 1 fully saturated rings. The van der Waals surface area contributed by atoms with Crippen molar-refractivity contribution in [1.82, 2.24) is 4.90 Å². The lowest BCUT2D eigenvalue weighted by Gasteiger charge is -2.37. The molecule has 1 saturated heterocycles. The van der Waals surface area contributed by atoms with Gasteiger partial charge >= 0.3 is 5.97 Å². The van der Waals surface area contributed by atoms with Gasteiger partial charge in [0.15, 0.2) is 0 Å². The number of esters is 1. The lowest BCUT2D eigenvalue weighted by Crippen LogP contribution is -2.51. The Morgan fingerprint density at radius 1 is 1.35 bits per heavy atom. The van der Waals surface area contributed by atoms with E-state index < -0.39 is 11.4 Å². The Morgan fingerprint density at radius 3 is 2.70 bits per heavy atom. The molecule has 4 nitrogen and oxygen atoms in total. The zero-order valence-electron chi connectivity index (χ0n) is 12.1. The quantitative estimate of drug-likeness (QED) is 0.626. The molecule has 0 aromatic heterocycles. The summed E-state index contributed by atoms with van der Waals surface area (Å²) in [6, 6.07) is 9.83. The molecule has 0 bridgehead atoms. The Morgan fingerprint density at radius 2 is 2.05 bits per heavy atom. The van der Waals surface area contributed by atoms with Crippen LogP contribution in [-0.4, -0.2) is 29.9 Å². The Bertz CT molecular complexity index is 486. The van der Waals surface area contributed by atoms with E-state index in [0.717, 1.165) is 12.0 Å². The summed E-state index contributed by atoms with van der Waals surface area (Å²) in [5.41, 5.74) is 0.0530. The normalized spacial score (nSPS) is 22.7. The predicted molar refractivity (Wildman–Crippen MR) is 75.8 cm³/mol. The number of likely N-dealkylation sites (tertiary alicyclic amines) is 1. The molecule has 2 rings (SSSR count). The molecule has 1 heterocycles. The summed E-state index contributed by atoms with van der Waals surface area (Å²) in [4.78, 5) is 26.4. The van der Waals surface area contributed by atoms with Gasteiger partial charge in [-0.2, -0.15) is 0 Å². The molecular weight excluding hydrogens is 254 g/mol. The maximum absolute atomic E-state index is 12.6. The molecule has 0 aliphatic carbocycles. The second-order valence-electron chi connectivity index (χ2n) is 5.37. The van der Waals surface area contributed by atoms with Crippen LogP contribution in [0.25, 0.3) is 0 Å². The van der Waals surface area contributed by atoms with Crippen LogP contribution in [0, 0.1) is 5.41 Å². The largest absolute Gasteiger partial charge is 0.465 e. The van der Waals surface area contributed by atoms with E-state index in [1.165, 1.54) is 0 Å². The van der Waals surface area contributed by atoms with Crippen molar-refractivity contribution < 1.29 is 14.3 Å². The van der Waals surface area contributed by atoms with Gasteiger partial charge in [0.1, 0.15) is 5.41 Å². The number of nitrogens with zero attached hydrogens (tertiary/aromatic N) is 1. The second-order valence-corrected chi connectivity index (χ2v) is 5.37. The molecule has 0 spiro atoms. The number of ether oxygens (including phenoxy) is 1. The molecule has 1 aliphatic rings. The molecule has 108 valence electrons. The standard InChI is InChI=1S/C16H21NO3/c1-3-20-15(19)16(2)10-7-11-17(14(16)18)12-13-8-5-4-6-9-13/h4-6,8-9H,3,7,10-12H2,1-2H3. The smallest absolute Gasteiger partial charge is 0.321 e. The highest BCUT2D eigenvalue weighted by Crippen LogP contribution is 2.33. The predicted octanol–water partition coefficient (Wildman–Crippen LogP) is 2.38. The fourth-order valence-corrected chi connectivity index (χ4v) is 2.62. The van der Waals surface area contributed by atoms with Crippen molar-refractivity contribution in [2.24, 2.45) is 5.41 Å². The highest BCUT2D eigenvalue weighted by Gasteiger charge is 2.47. The number of benzene rings is 1. The van der Waals surface area contributed by atoms with Gasteiger partial charge in [-0.25, -0.2) is 0 Å². The van der Waals surface area contributed by atoms with Gasteiger partial charge in [0.2, 0.25) is 5.91 Å². The molecular formula is C16H21NO3. The third-order valence-corrected chi connectivity index (χ3v) is 3.81. The topological polar surface area (TPSA) is 46.6 Å². The van der Waals surface area contributed by atoms with E-state index in [9.17, 15) is 9.59 Å². The van der Waals surface area contributed by atoms with Crippen LogP contribution in [-0.2, 0) is 20.9 Å². The van der Waals surface area contributed by atoms with Crippen LogP contribution >= 0.6 is 0 Å². The van der Waals surface area contributed by atoms with E-state index in [-0.39, 0.29) is 5.91 Å². The van der Waals surface area contributed by atoms with Gasteiger partial charge in [-0.1, -0.05) is 30.3 Å². The molecule has 1 aliphatic heterocycles. The Kier molecular flexibility index (Phi) is 4.42. The average Bonchev–Trinajstić information content (AvgIpc) is 2.45. The van der Waals surface area contributed by atoms with Gasteiger partial charge in [-0.3, -0.25) is 9.59 Å². The number of hydrogen-bond donors (Lipinski definition) is 0. The van der Waals surface area contributed by atoms with E-state index in [1.54, 1.807) is 18.7 Å². The number of amides is 1. The van der Waals surface area contributed by atoms with Gasteiger partial charge < -0.3 is 9.64 Å². The van der Waals surface area contributed by atoms with Crippen molar-refractivity contribution in [2.75, 3.05) is 13.2 Å². The minimum absolute atomic E-state index is 0.119. The van der Waals surface area contributed by atoms with E-state index in [0.29, 0.717) is 26.1 Å². The SMILES string of the molecule is CCOC(=O)C1(C)CCCN(Cc2ccccc2)C1=O. The van der Waals surface area contributed by atoms with Gasteiger partial charge in [-0.15, -0.1) is 0 Å². The summed E-state index contributed by atoms with van der Waals surface area (Å²) in [5.74, 6) is -0.520. The monoisotopic (exact) mass is 275 g/mol. The molecule has 1 unspecified atom stereocenters. The van der Waals surface area contributed by atoms with Crippen LogP contribution in [0.1, 0.15) is 32.3 Å². The number of piperidine rings is 1. The molecule has 0 N–H and O–H groups in total. The Balaban J connectivity index is 2.12. The number of rotatable bonds is 4. The molecule has 0 saturated carbocycles. The van der Waals surface area contributed by atoms with Crippen LogP contribution in [0.2, 0.25) is 0 Å². The van der Waals surface area contributed by atoms with Crippen LogP contribution < -0.4 is 0 Å². The first-order valence-electron chi connectivity index (χ1n) is 7.08. The van der Waals surface area contributed by atoms with E-state index in [1.807, 2.05) is 30.3 Å². The fraction of sp³-hybridized carbons (Fsp3) is 0.500. The van der Waals surface area contributed by atoms with E-state index >= 15 is 0 Å². The maximum Gasteiger partial charge on any atom is 0.321 e. The van der Waals surface area contributed by atoms with Gasteiger partial charge in [0, 0.05) is 13.1 Å². The zero-order chi connectivity index (χ0) is 14.6. The zero-order valence-corrected chi connectivity index (χ0v) is 12.1. The lowest BCUT2D eigenvalue weighted by molar-refractivity contribution is -0.167. The molecule has 1 atom stereocenters. The van der Waals surface area contributed by atoms with Crippen molar-refractivity contribution in [3.63, 3.8) is 0 Å². The summed E-state index contributed by atoms with van der Waals surface area (Å²) < 4.78 is 5.07. The van der Waals surface area contributed by atoms with Crippen molar-refractivity contribution in [2.45, 2.75) is 33.2 Å². The third kappa shape index (κ3) is 2.84. The molecule has 1 aromatic rings. The van der Waals surface area contributed by atoms with Gasteiger partial charge in [0.25, 0.3) is 0 Å². The summed E-state index contributed by atoms with van der Waals surface area (Å²) in [6.07, 6.45) is 1.39. The molecule has 4 heteroatoms. The van der Waals surface area contributed by atoms with Gasteiger partial charge in [0.05, 0.1) is 6.61 Å². The second kappa shape index (κ2) is 6.07. The van der Waals surface area contributed by atoms with Gasteiger partial charge in [-0.05, 0) is 32.3 Å². The Labute approximate surface area is 119 Å². The first-order valence-corrected chi connectivity index (χ1v) is 7.08. The van der Waals surface area contributed by atoms with Crippen molar-refractivity contribution in [3.8, 4) is 0 Å². The third-order valence-electron chi connectivity index (χ3n) is 3.81. The first kappa shape index (κ1) is 14.6. The fourth-order valence-electron chi connectivity index (χ4n) is 2.62. The highest BCUT2D eigenvalue weighted by atomic mass is 16.5. The maximum atomic E-state index is 12.6. The average molecular weight is 275 g/mol. The molecule has 0 radical (unpaired) electrons. The number of hydrogen-bond acceptors (Lipinski definition) is 3. The summed E-state index contributed by atoms with van der Waals surface area (Å²) in [5, 5.41) is 0. The van der Waals surface area contributed by atoms with Crippen LogP contribution in [0.3, 0.4) is 0 Å². The van der Waals surface area contributed by atoms with E-state index in [2.05, 4.69) is 0 Å². The van der Waals surface area contributed by atoms with E-state index in [4.69, 9.17) is 4.74 Å². The molecule has 1 amide bonds. The summed E-state index contributed by atoms with van der Waals surface area (Å²) in [6.45, 7) is 5.01. The minimum atomic E-state index is -1.02. The minimum Gasteiger partial charge on any atom is -0.465 e. The van der Waals surface area contributed by atoms with Crippen molar-refractivity contribution in [1.29, 1.82) is 0 Å². The van der Waals surface area contributed by atoms with Crippen molar-refractivity contribution >= 4 is 11.9 Å². The highest BCUT2D eigenvalue weighted by molar-refractivity contribution is 6.02. The van der Waals surface area contributed by atoms with Crippen LogP contribution in [0.15, 0.2) is 30.3 Å². The first-order chi connectivity index (χ1) is 9.58. The van der Waals surface area contributed by atoms with Crippen molar-refractivity contribution in [3.05, 3.63) is 35.9 Å². The Hall–Kier alpha value is -1.84. The molecule has 20 heavy (non-hydrogen) atoms. The van der Waals surface area contributed by atoms with Crippen LogP contribution in [0.5, 0.6) is 0 Å². The lowest BCUT2D eigenvalue weighted by atomic mass is 9.81. The summed E-state index contributed by atoms with van der Waals surface area (Å²) in [7, 11) is 0.